The molecule has 1 heterocycles. The Bertz CT molecular complexity index is 768. The van der Waals surface area contributed by atoms with Crippen LogP contribution in [0.5, 0.6) is 0 Å². The molecular weight excluding hydrogens is 361 g/mol. The van der Waals surface area contributed by atoms with Gasteiger partial charge in [0.1, 0.15) is 18.4 Å². The van der Waals surface area contributed by atoms with Crippen LogP contribution in [0.3, 0.4) is 0 Å². The van der Waals surface area contributed by atoms with Crippen LogP contribution in [0.4, 0.5) is 9.18 Å². The highest BCUT2D eigenvalue weighted by atomic mass is 32.2. The van der Waals surface area contributed by atoms with Crippen LogP contribution >= 0.6 is 0 Å². The summed E-state index contributed by atoms with van der Waals surface area (Å²) in [6, 6.07) is 5.14. The molecule has 2 rings (SSSR count). The molecule has 0 aromatic heterocycles. The average molecular weight is 385 g/mol. The van der Waals surface area contributed by atoms with Gasteiger partial charge in [0.25, 0.3) is 10.1 Å². The third-order valence-electron chi connectivity index (χ3n) is 3.69. The summed E-state index contributed by atoms with van der Waals surface area (Å²) in [6.07, 6.45) is 0.782. The van der Waals surface area contributed by atoms with Crippen molar-refractivity contribution < 1.29 is 26.5 Å². The number of amides is 1. The van der Waals surface area contributed by atoms with Crippen LogP contribution < -0.4 is 0 Å². The first kappa shape index (κ1) is 20.4. The Balaban J connectivity index is 2.00. The van der Waals surface area contributed by atoms with Crippen LogP contribution in [-0.2, 0) is 19.0 Å². The summed E-state index contributed by atoms with van der Waals surface area (Å²) in [7, 11) is -4.07. The van der Waals surface area contributed by atoms with Gasteiger partial charge < -0.3 is 4.74 Å². The van der Waals surface area contributed by atoms with E-state index in [2.05, 4.69) is 0 Å². The van der Waals surface area contributed by atoms with Gasteiger partial charge in [-0.1, -0.05) is 29.8 Å². The topological polar surface area (TPSA) is 72.9 Å². The zero-order valence-corrected chi connectivity index (χ0v) is 16.1. The number of hydrogen-bond acceptors (Lipinski definition) is 5. The van der Waals surface area contributed by atoms with Crippen molar-refractivity contribution in [2.75, 3.05) is 13.2 Å². The molecule has 1 aromatic carbocycles. The van der Waals surface area contributed by atoms with Gasteiger partial charge in [-0.25, -0.2) is 9.18 Å². The predicted octanol–water partition coefficient (Wildman–Crippen LogP) is 3.21. The lowest BCUT2D eigenvalue weighted by molar-refractivity contribution is 0.0148. The van der Waals surface area contributed by atoms with E-state index in [1.807, 2.05) is 6.92 Å². The zero-order valence-electron chi connectivity index (χ0n) is 15.3. The molecule has 0 N–H and O–H groups in total. The number of alkyl halides is 1. The number of halogens is 1. The summed E-state index contributed by atoms with van der Waals surface area (Å²) in [5, 5.41) is 0. The van der Waals surface area contributed by atoms with Crippen molar-refractivity contribution in [3.05, 3.63) is 42.0 Å². The summed E-state index contributed by atoms with van der Waals surface area (Å²) in [4.78, 5) is 13.3. The summed E-state index contributed by atoms with van der Waals surface area (Å²) in [6.45, 7) is 6.48. The van der Waals surface area contributed by atoms with Crippen molar-refractivity contribution in [3.8, 4) is 0 Å². The standard InChI is InChI=1S/C18H24FNO5S/c1-13-7-9-14(10-8-13)26(22,23)24-12-15(19)16-6-5-11-20(16)17(21)25-18(2,3)4/h5-10,15-16H,11-12H2,1-4H3/t15-,16?/m0/s1. The molecule has 1 aromatic rings. The van der Waals surface area contributed by atoms with Crippen molar-refractivity contribution in [3.63, 3.8) is 0 Å². The second-order valence-corrected chi connectivity index (χ2v) is 8.73. The second kappa shape index (κ2) is 7.75. The van der Waals surface area contributed by atoms with Crippen LogP contribution in [0.2, 0.25) is 0 Å². The third kappa shape index (κ3) is 5.28. The Morgan fingerprint density at radius 2 is 1.92 bits per heavy atom. The number of ether oxygens (including phenoxy) is 1. The van der Waals surface area contributed by atoms with Crippen LogP contribution in [0, 0.1) is 6.92 Å². The number of benzene rings is 1. The van der Waals surface area contributed by atoms with Crippen molar-refractivity contribution in [1.82, 2.24) is 4.90 Å². The average Bonchev–Trinajstić information content (AvgIpc) is 3.01. The van der Waals surface area contributed by atoms with Gasteiger partial charge in [0, 0.05) is 6.54 Å². The van der Waals surface area contributed by atoms with Gasteiger partial charge in [0.2, 0.25) is 0 Å². The van der Waals surface area contributed by atoms with Crippen molar-refractivity contribution in [2.24, 2.45) is 0 Å². The van der Waals surface area contributed by atoms with Gasteiger partial charge in [0.05, 0.1) is 10.9 Å². The molecule has 2 atom stereocenters. The fourth-order valence-electron chi connectivity index (χ4n) is 2.40. The molecule has 8 heteroatoms. The largest absolute Gasteiger partial charge is 0.444 e. The van der Waals surface area contributed by atoms with Gasteiger partial charge in [0.15, 0.2) is 0 Å². The first-order chi connectivity index (χ1) is 12.0. The molecule has 0 bridgehead atoms. The maximum atomic E-state index is 14.6. The zero-order chi connectivity index (χ0) is 19.5. The smallest absolute Gasteiger partial charge is 0.411 e. The predicted molar refractivity (Wildman–Crippen MR) is 95.1 cm³/mol. The molecule has 1 aliphatic heterocycles. The van der Waals surface area contributed by atoms with Gasteiger partial charge in [-0.3, -0.25) is 9.08 Å². The Morgan fingerprint density at radius 3 is 2.50 bits per heavy atom. The Labute approximate surface area is 153 Å². The minimum absolute atomic E-state index is 0.0405. The van der Waals surface area contributed by atoms with E-state index in [4.69, 9.17) is 8.92 Å². The molecule has 0 radical (unpaired) electrons. The van der Waals surface area contributed by atoms with Crippen molar-refractivity contribution in [1.29, 1.82) is 0 Å². The molecule has 0 saturated carbocycles. The Morgan fingerprint density at radius 1 is 1.31 bits per heavy atom. The van der Waals surface area contributed by atoms with Crippen LogP contribution in [-0.4, -0.2) is 50.4 Å². The Hall–Kier alpha value is -1.93. The minimum atomic E-state index is -4.07. The van der Waals surface area contributed by atoms with Crippen LogP contribution in [0.25, 0.3) is 0 Å². The van der Waals surface area contributed by atoms with E-state index >= 15 is 0 Å². The minimum Gasteiger partial charge on any atom is -0.444 e. The van der Waals surface area contributed by atoms with Crippen molar-refractivity contribution >= 4 is 16.2 Å². The molecule has 144 valence electrons. The van der Waals surface area contributed by atoms with Gasteiger partial charge in [-0.2, -0.15) is 8.42 Å². The fourth-order valence-corrected chi connectivity index (χ4v) is 3.31. The van der Waals surface area contributed by atoms with Crippen LogP contribution in [0.1, 0.15) is 26.3 Å². The molecule has 1 aliphatic rings. The number of rotatable bonds is 5. The number of aryl methyl sites for hydroxylation is 1. The van der Waals surface area contributed by atoms with E-state index < -0.39 is 40.6 Å². The molecule has 0 aliphatic carbocycles. The molecule has 26 heavy (non-hydrogen) atoms. The lowest BCUT2D eigenvalue weighted by atomic mass is 10.2. The van der Waals surface area contributed by atoms with Crippen molar-refractivity contribution in [2.45, 2.75) is 50.4 Å². The molecule has 1 amide bonds. The first-order valence-corrected chi connectivity index (χ1v) is 9.67. The van der Waals surface area contributed by atoms with E-state index in [9.17, 15) is 17.6 Å². The SMILES string of the molecule is Cc1ccc(S(=O)(=O)OC[C@H](F)C2C=CCN2C(=O)OC(C)(C)C)cc1. The summed E-state index contributed by atoms with van der Waals surface area (Å²) < 4.78 is 49.0. The molecule has 1 unspecified atom stereocenters. The van der Waals surface area contributed by atoms with Gasteiger partial charge in [-0.15, -0.1) is 0 Å². The van der Waals surface area contributed by atoms with E-state index in [1.165, 1.54) is 23.1 Å². The summed E-state index contributed by atoms with van der Waals surface area (Å²) in [5.74, 6) is 0. The Kier molecular flexibility index (Phi) is 6.08. The van der Waals surface area contributed by atoms with Gasteiger partial charge >= 0.3 is 6.09 Å². The van der Waals surface area contributed by atoms with E-state index in [0.29, 0.717) is 0 Å². The molecule has 6 nitrogen and oxygen atoms in total. The molecule has 0 saturated heterocycles. The highest BCUT2D eigenvalue weighted by Gasteiger charge is 2.35. The number of carbonyl (C=O) groups excluding carboxylic acids is 1. The van der Waals surface area contributed by atoms with E-state index in [-0.39, 0.29) is 11.4 Å². The molecule has 0 fully saturated rings. The third-order valence-corrected chi connectivity index (χ3v) is 4.98. The number of hydrogen-bond donors (Lipinski definition) is 0. The molecular formula is C18H24FNO5S. The number of nitrogens with zero attached hydrogens (tertiary/aromatic N) is 1. The van der Waals surface area contributed by atoms with E-state index in [0.717, 1.165) is 5.56 Å². The monoisotopic (exact) mass is 385 g/mol. The first-order valence-electron chi connectivity index (χ1n) is 8.26. The quantitative estimate of drug-likeness (QED) is 0.575. The summed E-state index contributed by atoms with van der Waals surface area (Å²) >= 11 is 0. The summed E-state index contributed by atoms with van der Waals surface area (Å²) in [5.41, 5.74) is 0.192. The lowest BCUT2D eigenvalue weighted by Gasteiger charge is -2.29. The highest BCUT2D eigenvalue weighted by molar-refractivity contribution is 7.86. The van der Waals surface area contributed by atoms with Gasteiger partial charge in [-0.05, 0) is 39.8 Å². The lowest BCUT2D eigenvalue weighted by Crippen LogP contribution is -2.45. The maximum Gasteiger partial charge on any atom is 0.411 e. The maximum absolute atomic E-state index is 14.6. The van der Waals surface area contributed by atoms with Crippen LogP contribution in [0.15, 0.2) is 41.3 Å². The normalized spacial score (nSPS) is 18.8. The highest BCUT2D eigenvalue weighted by Crippen LogP contribution is 2.21. The fraction of sp³-hybridized carbons (Fsp3) is 0.500. The molecule has 0 spiro atoms. The second-order valence-electron chi connectivity index (χ2n) is 7.12. The van der Waals surface area contributed by atoms with E-state index in [1.54, 1.807) is 39.0 Å². The number of carbonyl (C=O) groups is 1.